The van der Waals surface area contributed by atoms with E-state index in [2.05, 4.69) is 25.6 Å². The van der Waals surface area contributed by atoms with Crippen LogP contribution in [0.3, 0.4) is 0 Å². The maximum absolute atomic E-state index is 12.5. The van der Waals surface area contributed by atoms with Crippen LogP contribution in [0.15, 0.2) is 30.6 Å². The molecule has 1 aliphatic carbocycles. The molecule has 0 bridgehead atoms. The molecule has 2 fully saturated rings. The van der Waals surface area contributed by atoms with Crippen LogP contribution in [0.4, 0.5) is 11.6 Å². The molecule has 3 heterocycles. The quantitative estimate of drug-likeness (QED) is 0.764. The number of nitrogens with zero attached hydrogens (tertiary/aromatic N) is 4. The van der Waals surface area contributed by atoms with Crippen LogP contribution in [0.2, 0.25) is 0 Å². The van der Waals surface area contributed by atoms with Crippen molar-refractivity contribution < 1.29 is 9.59 Å². The zero-order valence-electron chi connectivity index (χ0n) is 17.5. The van der Waals surface area contributed by atoms with Crippen molar-refractivity contribution in [2.24, 2.45) is 5.92 Å². The van der Waals surface area contributed by atoms with E-state index in [1.165, 1.54) is 12.8 Å². The molecule has 0 spiro atoms. The highest BCUT2D eigenvalue weighted by molar-refractivity contribution is 5.92. The number of hydrogen-bond acceptors (Lipinski definition) is 5. The number of nitrogens with one attached hydrogen (secondary N) is 2. The molecule has 0 atom stereocenters. The molecule has 2 aromatic rings. The van der Waals surface area contributed by atoms with Gasteiger partial charge in [0.2, 0.25) is 11.8 Å². The summed E-state index contributed by atoms with van der Waals surface area (Å²) in [5.74, 6) is 1.31. The first-order valence-corrected chi connectivity index (χ1v) is 10.9. The molecule has 8 nitrogen and oxygen atoms in total. The third-order valence-electron chi connectivity index (χ3n) is 6.10. The third-order valence-corrected chi connectivity index (χ3v) is 6.10. The zero-order valence-corrected chi connectivity index (χ0v) is 17.5. The molecule has 4 rings (SSSR count). The molecule has 0 radical (unpaired) electrons. The minimum atomic E-state index is -0.0452. The highest BCUT2D eigenvalue weighted by Crippen LogP contribution is 2.31. The number of pyridine rings is 1. The first-order chi connectivity index (χ1) is 14.6. The summed E-state index contributed by atoms with van der Waals surface area (Å²) in [7, 11) is 0. The largest absolute Gasteiger partial charge is 0.310 e. The monoisotopic (exact) mass is 410 g/mol. The second-order valence-corrected chi connectivity index (χ2v) is 8.41. The number of aryl methyl sites for hydroxylation is 1. The summed E-state index contributed by atoms with van der Waals surface area (Å²) in [5, 5.41) is 10.3. The van der Waals surface area contributed by atoms with E-state index in [0.717, 1.165) is 50.2 Å². The lowest BCUT2D eigenvalue weighted by atomic mass is 9.96. The molecule has 2 amide bonds. The van der Waals surface area contributed by atoms with Gasteiger partial charge in [-0.3, -0.25) is 14.5 Å². The topological polar surface area (TPSA) is 92.2 Å². The maximum atomic E-state index is 12.5. The van der Waals surface area contributed by atoms with Gasteiger partial charge in [-0.2, -0.15) is 5.10 Å². The average Bonchev–Trinajstić information content (AvgIpc) is 3.42. The van der Waals surface area contributed by atoms with Crippen LogP contribution in [-0.4, -0.2) is 51.1 Å². The van der Waals surface area contributed by atoms with Crippen molar-refractivity contribution >= 4 is 23.5 Å². The van der Waals surface area contributed by atoms with Crippen LogP contribution in [0, 0.1) is 12.8 Å². The van der Waals surface area contributed by atoms with Gasteiger partial charge < -0.3 is 10.6 Å². The van der Waals surface area contributed by atoms with E-state index in [-0.39, 0.29) is 17.7 Å². The number of carbonyl (C=O) groups is 2. The van der Waals surface area contributed by atoms with Crippen LogP contribution in [-0.2, 0) is 9.59 Å². The van der Waals surface area contributed by atoms with Gasteiger partial charge in [-0.05, 0) is 57.3 Å². The Morgan fingerprint density at radius 3 is 2.53 bits per heavy atom. The number of carbonyl (C=O) groups excluding carboxylic acids is 2. The van der Waals surface area contributed by atoms with E-state index in [4.69, 9.17) is 0 Å². The molecule has 160 valence electrons. The lowest BCUT2D eigenvalue weighted by Gasteiger charge is -2.30. The van der Waals surface area contributed by atoms with Gasteiger partial charge in [-0.15, -0.1) is 0 Å². The Balaban J connectivity index is 1.23. The molecule has 2 N–H and O–H groups in total. The number of aromatic nitrogens is 3. The Kier molecular flexibility index (Phi) is 6.42. The Morgan fingerprint density at radius 2 is 1.83 bits per heavy atom. The molecule has 8 heteroatoms. The molecule has 1 saturated heterocycles. The second kappa shape index (κ2) is 9.38. The van der Waals surface area contributed by atoms with Crippen molar-refractivity contribution in [1.82, 2.24) is 19.7 Å². The number of anilines is 2. The first kappa shape index (κ1) is 20.5. The summed E-state index contributed by atoms with van der Waals surface area (Å²) < 4.78 is 1.96. The Hall–Kier alpha value is -2.74. The number of likely N-dealkylation sites (tertiary alicyclic amines) is 1. The van der Waals surface area contributed by atoms with Crippen LogP contribution in [0.25, 0.3) is 0 Å². The van der Waals surface area contributed by atoms with Gasteiger partial charge in [0.15, 0.2) is 0 Å². The van der Waals surface area contributed by atoms with Crippen molar-refractivity contribution in [3.63, 3.8) is 0 Å². The van der Waals surface area contributed by atoms with E-state index in [0.29, 0.717) is 18.4 Å². The summed E-state index contributed by atoms with van der Waals surface area (Å²) in [5.41, 5.74) is 1.06. The second-order valence-electron chi connectivity index (χ2n) is 8.41. The summed E-state index contributed by atoms with van der Waals surface area (Å²) in [4.78, 5) is 31.4. The van der Waals surface area contributed by atoms with E-state index in [1.807, 2.05) is 29.8 Å². The summed E-state index contributed by atoms with van der Waals surface area (Å²) >= 11 is 0. The number of piperidine rings is 1. The smallest absolute Gasteiger partial charge is 0.239 e. The predicted octanol–water partition coefficient (Wildman–Crippen LogP) is 2.99. The minimum Gasteiger partial charge on any atom is -0.310 e. The van der Waals surface area contributed by atoms with Crippen LogP contribution < -0.4 is 10.6 Å². The fraction of sp³-hybridized carbons (Fsp3) is 0.545. The Morgan fingerprint density at radius 1 is 1.07 bits per heavy atom. The average molecular weight is 411 g/mol. The highest BCUT2D eigenvalue weighted by atomic mass is 16.2. The van der Waals surface area contributed by atoms with Gasteiger partial charge in [-0.25, -0.2) is 9.67 Å². The minimum absolute atomic E-state index is 0.0101. The number of rotatable bonds is 6. The van der Waals surface area contributed by atoms with Crippen LogP contribution >= 0.6 is 0 Å². The van der Waals surface area contributed by atoms with Gasteiger partial charge in [0, 0.05) is 18.2 Å². The van der Waals surface area contributed by atoms with E-state index in [9.17, 15) is 9.59 Å². The van der Waals surface area contributed by atoms with Crippen molar-refractivity contribution in [3.05, 3.63) is 36.2 Å². The van der Waals surface area contributed by atoms with Gasteiger partial charge >= 0.3 is 0 Å². The lowest BCUT2D eigenvalue weighted by Crippen LogP contribution is -2.42. The van der Waals surface area contributed by atoms with Crippen LogP contribution in [0.1, 0.15) is 50.1 Å². The Labute approximate surface area is 177 Å². The standard InChI is InChI=1S/C22H30N6O2/c1-16-6-7-19(23-14-16)25-22(30)17-9-12-27(13-10-17)15-21(29)26-20-8-11-24-28(20)18-4-2-3-5-18/h6-8,11,14,17-18H,2-5,9-10,12-13,15H2,1H3,(H,26,29)(H,23,25,30). The summed E-state index contributed by atoms with van der Waals surface area (Å²) in [6.07, 6.45) is 9.67. The van der Waals surface area contributed by atoms with Crippen molar-refractivity contribution in [1.29, 1.82) is 0 Å². The fourth-order valence-corrected chi connectivity index (χ4v) is 4.36. The van der Waals surface area contributed by atoms with Crippen molar-refractivity contribution in [2.45, 2.75) is 51.5 Å². The molecule has 0 unspecified atom stereocenters. The van der Waals surface area contributed by atoms with Crippen molar-refractivity contribution in [2.75, 3.05) is 30.3 Å². The van der Waals surface area contributed by atoms with Crippen LogP contribution in [0.5, 0.6) is 0 Å². The first-order valence-electron chi connectivity index (χ1n) is 10.9. The number of amides is 2. The molecule has 2 aliphatic rings. The van der Waals surface area contributed by atoms with E-state index in [1.54, 1.807) is 12.4 Å². The van der Waals surface area contributed by atoms with E-state index >= 15 is 0 Å². The summed E-state index contributed by atoms with van der Waals surface area (Å²) in [6, 6.07) is 6.02. The van der Waals surface area contributed by atoms with E-state index < -0.39 is 0 Å². The summed E-state index contributed by atoms with van der Waals surface area (Å²) in [6.45, 7) is 3.76. The molecular weight excluding hydrogens is 380 g/mol. The SMILES string of the molecule is Cc1ccc(NC(=O)C2CCN(CC(=O)Nc3ccnn3C3CCCC3)CC2)nc1. The normalized spacial score (nSPS) is 18.4. The Bertz CT molecular complexity index is 864. The zero-order chi connectivity index (χ0) is 20.9. The molecule has 1 saturated carbocycles. The molecule has 0 aromatic carbocycles. The maximum Gasteiger partial charge on any atom is 0.239 e. The third kappa shape index (κ3) is 5.05. The predicted molar refractivity (Wildman–Crippen MR) is 115 cm³/mol. The molecule has 2 aromatic heterocycles. The van der Waals surface area contributed by atoms with Gasteiger partial charge in [0.25, 0.3) is 0 Å². The van der Waals surface area contributed by atoms with Crippen molar-refractivity contribution in [3.8, 4) is 0 Å². The van der Waals surface area contributed by atoms with Gasteiger partial charge in [0.1, 0.15) is 11.6 Å². The lowest BCUT2D eigenvalue weighted by molar-refractivity contribution is -0.121. The fourth-order valence-electron chi connectivity index (χ4n) is 4.36. The molecular formula is C22H30N6O2. The molecule has 1 aliphatic heterocycles. The van der Waals surface area contributed by atoms with Gasteiger partial charge in [-0.1, -0.05) is 18.9 Å². The van der Waals surface area contributed by atoms with Gasteiger partial charge in [0.05, 0.1) is 18.8 Å². The molecule has 30 heavy (non-hydrogen) atoms. The number of hydrogen-bond donors (Lipinski definition) is 2. The highest BCUT2D eigenvalue weighted by Gasteiger charge is 2.27.